The first-order valence-corrected chi connectivity index (χ1v) is 10.7. The van der Waals surface area contributed by atoms with E-state index < -0.39 is 0 Å². The van der Waals surface area contributed by atoms with Crippen LogP contribution in [0, 0.1) is 12.7 Å². The van der Waals surface area contributed by atoms with Gasteiger partial charge in [0, 0.05) is 12.1 Å². The fourth-order valence-corrected chi connectivity index (χ4v) is 4.24. The first-order valence-electron chi connectivity index (χ1n) is 10.7. The molecule has 1 unspecified atom stereocenters. The zero-order chi connectivity index (χ0) is 22.1. The number of hydrogen-bond acceptors (Lipinski definition) is 5. The quantitative estimate of drug-likeness (QED) is 0.432. The minimum Gasteiger partial charge on any atom is -0.342 e. The Kier molecular flexibility index (Phi) is 5.40. The molecule has 32 heavy (non-hydrogen) atoms. The Hall–Kier alpha value is -3.59. The van der Waals surface area contributed by atoms with E-state index in [0.717, 1.165) is 53.3 Å². The predicted molar refractivity (Wildman–Crippen MR) is 119 cm³/mol. The van der Waals surface area contributed by atoms with Gasteiger partial charge in [0.15, 0.2) is 5.82 Å². The van der Waals surface area contributed by atoms with E-state index in [1.54, 1.807) is 12.1 Å². The standard InChI is InChI=1S/C23H24FN7O/c1-14-25-18-9-8-17(12-19(18)26-14)27-22(32)13-31-10-2-3-20(31)23-28-21(29-30-23)11-15-4-6-16(24)7-5-15/h4-9,12,20H,2-3,10-11,13H2,1H3,(H,25,26)(H,27,32)(H,28,29,30). The highest BCUT2D eigenvalue weighted by Crippen LogP contribution is 2.29. The summed E-state index contributed by atoms with van der Waals surface area (Å²) in [5.74, 6) is 1.93. The van der Waals surface area contributed by atoms with Crippen molar-refractivity contribution in [1.29, 1.82) is 0 Å². The van der Waals surface area contributed by atoms with Crippen molar-refractivity contribution in [2.75, 3.05) is 18.4 Å². The van der Waals surface area contributed by atoms with Crippen LogP contribution in [0.3, 0.4) is 0 Å². The van der Waals surface area contributed by atoms with Crippen LogP contribution in [0.4, 0.5) is 10.1 Å². The topological polar surface area (TPSA) is 103 Å². The lowest BCUT2D eigenvalue weighted by Gasteiger charge is -2.21. The number of nitrogens with zero attached hydrogens (tertiary/aromatic N) is 4. The Bertz CT molecular complexity index is 1250. The van der Waals surface area contributed by atoms with Crippen LogP contribution in [-0.2, 0) is 11.2 Å². The van der Waals surface area contributed by atoms with Crippen LogP contribution in [0.15, 0.2) is 42.5 Å². The van der Waals surface area contributed by atoms with Crippen molar-refractivity contribution in [2.45, 2.75) is 32.2 Å². The molecule has 2 aromatic carbocycles. The highest BCUT2D eigenvalue weighted by atomic mass is 19.1. The molecule has 164 valence electrons. The molecule has 1 atom stereocenters. The number of aryl methyl sites for hydroxylation is 1. The molecule has 1 fully saturated rings. The van der Waals surface area contributed by atoms with Crippen LogP contribution in [0.5, 0.6) is 0 Å². The van der Waals surface area contributed by atoms with Crippen molar-refractivity contribution in [2.24, 2.45) is 0 Å². The third-order valence-electron chi connectivity index (χ3n) is 5.73. The number of H-pyrrole nitrogens is 2. The van der Waals surface area contributed by atoms with Gasteiger partial charge in [-0.05, 0) is 62.2 Å². The number of aromatic nitrogens is 5. The maximum absolute atomic E-state index is 13.1. The van der Waals surface area contributed by atoms with Crippen molar-refractivity contribution >= 4 is 22.6 Å². The largest absolute Gasteiger partial charge is 0.342 e. The van der Waals surface area contributed by atoms with E-state index in [2.05, 4.69) is 35.4 Å². The van der Waals surface area contributed by atoms with Crippen molar-refractivity contribution in [3.63, 3.8) is 0 Å². The molecule has 1 aliphatic rings. The molecular weight excluding hydrogens is 409 g/mol. The van der Waals surface area contributed by atoms with Gasteiger partial charge in [0.25, 0.3) is 0 Å². The summed E-state index contributed by atoms with van der Waals surface area (Å²) in [6, 6.07) is 12.0. The van der Waals surface area contributed by atoms with Gasteiger partial charge in [-0.1, -0.05) is 12.1 Å². The van der Waals surface area contributed by atoms with Crippen molar-refractivity contribution in [3.05, 3.63) is 71.3 Å². The molecule has 9 heteroatoms. The number of aromatic amines is 2. The molecule has 0 radical (unpaired) electrons. The second-order valence-electron chi connectivity index (χ2n) is 8.17. The number of halogens is 1. The number of nitrogens with one attached hydrogen (secondary N) is 3. The van der Waals surface area contributed by atoms with Gasteiger partial charge < -0.3 is 10.3 Å². The lowest BCUT2D eigenvalue weighted by molar-refractivity contribution is -0.117. The summed E-state index contributed by atoms with van der Waals surface area (Å²) in [7, 11) is 0. The molecule has 5 rings (SSSR count). The van der Waals surface area contributed by atoms with Gasteiger partial charge in [-0.25, -0.2) is 14.4 Å². The van der Waals surface area contributed by atoms with Gasteiger partial charge in [0.1, 0.15) is 17.5 Å². The average Bonchev–Trinajstić information content (AvgIpc) is 3.48. The number of fused-ring (bicyclic) bond motifs is 1. The Labute approximate surface area is 184 Å². The lowest BCUT2D eigenvalue weighted by Crippen LogP contribution is -2.33. The Morgan fingerprint density at radius 3 is 2.91 bits per heavy atom. The van der Waals surface area contributed by atoms with E-state index in [4.69, 9.17) is 0 Å². The number of imidazole rings is 1. The third-order valence-corrected chi connectivity index (χ3v) is 5.73. The fourth-order valence-electron chi connectivity index (χ4n) is 4.24. The number of hydrogen-bond donors (Lipinski definition) is 3. The van der Waals surface area contributed by atoms with Gasteiger partial charge in [-0.2, -0.15) is 5.10 Å². The number of rotatable bonds is 6. The third kappa shape index (κ3) is 4.38. The van der Waals surface area contributed by atoms with Crippen molar-refractivity contribution in [3.8, 4) is 0 Å². The molecule has 2 aromatic heterocycles. The summed E-state index contributed by atoms with van der Waals surface area (Å²) in [5, 5.41) is 10.4. The predicted octanol–water partition coefficient (Wildman–Crippen LogP) is 3.49. The highest BCUT2D eigenvalue weighted by molar-refractivity contribution is 5.94. The Morgan fingerprint density at radius 2 is 2.06 bits per heavy atom. The number of carbonyl (C=O) groups is 1. The molecule has 1 aliphatic heterocycles. The number of likely N-dealkylation sites (tertiary alicyclic amines) is 1. The van der Waals surface area contributed by atoms with Crippen molar-refractivity contribution in [1.82, 2.24) is 30.0 Å². The van der Waals surface area contributed by atoms with Crippen LogP contribution in [-0.4, -0.2) is 49.0 Å². The smallest absolute Gasteiger partial charge is 0.238 e. The first-order chi connectivity index (χ1) is 15.5. The summed E-state index contributed by atoms with van der Waals surface area (Å²) in [5.41, 5.74) is 3.47. The zero-order valence-corrected chi connectivity index (χ0v) is 17.7. The maximum atomic E-state index is 13.1. The molecule has 3 heterocycles. The van der Waals surface area contributed by atoms with Crippen LogP contribution in [0.1, 0.15) is 41.9 Å². The summed E-state index contributed by atoms with van der Waals surface area (Å²) in [6.07, 6.45) is 2.44. The number of amides is 1. The second kappa shape index (κ2) is 8.51. The molecule has 0 saturated carbocycles. The van der Waals surface area contributed by atoms with Crippen LogP contribution in [0.2, 0.25) is 0 Å². The average molecular weight is 433 g/mol. The van der Waals surface area contributed by atoms with E-state index in [0.29, 0.717) is 12.2 Å². The molecule has 1 amide bonds. The van der Waals surface area contributed by atoms with Crippen LogP contribution >= 0.6 is 0 Å². The molecule has 0 aliphatic carbocycles. The Balaban J connectivity index is 1.22. The van der Waals surface area contributed by atoms with E-state index in [1.165, 1.54) is 12.1 Å². The molecule has 0 spiro atoms. The Morgan fingerprint density at radius 1 is 1.22 bits per heavy atom. The summed E-state index contributed by atoms with van der Waals surface area (Å²) < 4.78 is 13.1. The van der Waals surface area contributed by atoms with E-state index >= 15 is 0 Å². The molecule has 4 aromatic rings. The molecule has 0 bridgehead atoms. The zero-order valence-electron chi connectivity index (χ0n) is 17.7. The van der Waals surface area contributed by atoms with Gasteiger partial charge in [0.2, 0.25) is 5.91 Å². The van der Waals surface area contributed by atoms with Crippen LogP contribution in [0.25, 0.3) is 11.0 Å². The number of anilines is 1. The van der Waals surface area contributed by atoms with E-state index in [1.807, 2.05) is 25.1 Å². The van der Waals surface area contributed by atoms with E-state index in [-0.39, 0.29) is 24.3 Å². The van der Waals surface area contributed by atoms with Crippen molar-refractivity contribution < 1.29 is 9.18 Å². The summed E-state index contributed by atoms with van der Waals surface area (Å²) >= 11 is 0. The SMILES string of the molecule is Cc1nc2ccc(NC(=O)CN3CCCC3c3n[nH]c(Cc4ccc(F)cc4)n3)cc2[nH]1. The minimum absolute atomic E-state index is 0.00305. The highest BCUT2D eigenvalue weighted by Gasteiger charge is 2.30. The summed E-state index contributed by atoms with van der Waals surface area (Å²) in [4.78, 5) is 27.0. The normalized spacial score (nSPS) is 16.6. The monoisotopic (exact) mass is 433 g/mol. The van der Waals surface area contributed by atoms with E-state index in [9.17, 15) is 9.18 Å². The summed E-state index contributed by atoms with van der Waals surface area (Å²) in [6.45, 7) is 2.99. The first kappa shape index (κ1) is 20.3. The number of benzene rings is 2. The van der Waals surface area contributed by atoms with Gasteiger partial charge in [-0.15, -0.1) is 0 Å². The van der Waals surface area contributed by atoms with Crippen LogP contribution < -0.4 is 5.32 Å². The number of carbonyl (C=O) groups excluding carboxylic acids is 1. The molecule has 1 saturated heterocycles. The van der Waals surface area contributed by atoms with Gasteiger partial charge >= 0.3 is 0 Å². The molecule has 8 nitrogen and oxygen atoms in total. The lowest BCUT2D eigenvalue weighted by atomic mass is 10.1. The fraction of sp³-hybridized carbons (Fsp3) is 0.304. The molecular formula is C23H24FN7O. The van der Waals surface area contributed by atoms with Gasteiger partial charge in [0.05, 0.1) is 23.6 Å². The molecule has 3 N–H and O–H groups in total. The van der Waals surface area contributed by atoms with Gasteiger partial charge in [-0.3, -0.25) is 14.8 Å². The minimum atomic E-state index is -0.258. The second-order valence-corrected chi connectivity index (χ2v) is 8.17. The maximum Gasteiger partial charge on any atom is 0.238 e.